The van der Waals surface area contributed by atoms with Crippen LogP contribution in [0.5, 0.6) is 0 Å². The maximum Gasteiger partial charge on any atom is -0.0326 e. The van der Waals surface area contributed by atoms with Crippen LogP contribution in [0.15, 0.2) is 0 Å². The summed E-state index contributed by atoms with van der Waals surface area (Å²) in [5.74, 6) is 0. The summed E-state index contributed by atoms with van der Waals surface area (Å²) in [4.78, 5) is 0. The van der Waals surface area contributed by atoms with Crippen molar-refractivity contribution < 1.29 is 0 Å². The van der Waals surface area contributed by atoms with Crippen LogP contribution >= 0.6 is 7.92 Å². The van der Waals surface area contributed by atoms with E-state index in [4.69, 9.17) is 0 Å². The van der Waals surface area contributed by atoms with Gasteiger partial charge in [-0.15, -0.1) is 7.92 Å². The monoisotopic (exact) mass is 314 g/mol. The summed E-state index contributed by atoms with van der Waals surface area (Å²) in [6.45, 7) is 7.05. The van der Waals surface area contributed by atoms with Crippen molar-refractivity contribution in [2.45, 2.75) is 111 Å². The third kappa shape index (κ3) is 16.6. The van der Waals surface area contributed by atoms with Gasteiger partial charge in [0.1, 0.15) is 0 Å². The first-order chi connectivity index (χ1) is 10.3. The minimum atomic E-state index is 0.403. The first-order valence-corrected chi connectivity index (χ1v) is 12.0. The Balaban J connectivity index is 3.02. The average molecular weight is 315 g/mol. The Morgan fingerprint density at radius 1 is 0.429 bits per heavy atom. The third-order valence-corrected chi connectivity index (χ3v) is 7.46. The summed E-state index contributed by atoms with van der Waals surface area (Å²) in [6, 6.07) is 0. The molecule has 0 atom stereocenters. The molecule has 0 amide bonds. The van der Waals surface area contributed by atoms with Crippen LogP contribution in [0.2, 0.25) is 0 Å². The lowest BCUT2D eigenvalue weighted by molar-refractivity contribution is 0.538. The van der Waals surface area contributed by atoms with Gasteiger partial charge in [-0.3, -0.25) is 0 Å². The SMILES string of the molecule is CCCCCCCCCCCCCCCCP(CC)CC. The van der Waals surface area contributed by atoms with Crippen LogP contribution < -0.4 is 0 Å². The Labute approximate surface area is 137 Å². The van der Waals surface area contributed by atoms with Gasteiger partial charge in [-0.05, 0) is 24.9 Å². The van der Waals surface area contributed by atoms with E-state index in [2.05, 4.69) is 20.8 Å². The molecule has 0 aromatic heterocycles. The predicted molar refractivity (Wildman–Crippen MR) is 103 cm³/mol. The van der Waals surface area contributed by atoms with Crippen molar-refractivity contribution in [2.75, 3.05) is 18.5 Å². The average Bonchev–Trinajstić information content (AvgIpc) is 2.51. The molecule has 0 aromatic carbocycles. The standard InChI is InChI=1S/C20H43P/c1-4-7-8-9-10-11-12-13-14-15-16-17-18-19-20-21(5-2)6-3/h4-20H2,1-3H3. The summed E-state index contributed by atoms with van der Waals surface area (Å²) >= 11 is 0. The van der Waals surface area contributed by atoms with Gasteiger partial charge in [-0.25, -0.2) is 0 Å². The van der Waals surface area contributed by atoms with E-state index in [-0.39, 0.29) is 0 Å². The molecule has 0 bridgehead atoms. The molecule has 0 aliphatic carbocycles. The Morgan fingerprint density at radius 2 is 0.762 bits per heavy atom. The summed E-state index contributed by atoms with van der Waals surface area (Å²) in [7, 11) is 0.403. The largest absolute Gasteiger partial charge is 0.107 e. The van der Waals surface area contributed by atoms with Crippen LogP contribution in [0, 0.1) is 0 Å². The zero-order valence-electron chi connectivity index (χ0n) is 15.5. The second-order valence-electron chi connectivity index (χ2n) is 6.62. The molecule has 1 heteroatoms. The number of unbranched alkanes of at least 4 members (excludes halogenated alkanes) is 13. The quantitative estimate of drug-likeness (QED) is 0.188. The topological polar surface area (TPSA) is 0 Å². The van der Waals surface area contributed by atoms with Crippen molar-refractivity contribution in [3.05, 3.63) is 0 Å². The van der Waals surface area contributed by atoms with E-state index < -0.39 is 0 Å². The van der Waals surface area contributed by atoms with Crippen LogP contribution in [-0.4, -0.2) is 18.5 Å². The van der Waals surface area contributed by atoms with Crippen LogP contribution in [0.1, 0.15) is 111 Å². The molecule has 128 valence electrons. The fourth-order valence-corrected chi connectivity index (χ4v) is 4.82. The van der Waals surface area contributed by atoms with E-state index >= 15 is 0 Å². The van der Waals surface area contributed by atoms with Gasteiger partial charge in [0.25, 0.3) is 0 Å². The molecule has 0 radical (unpaired) electrons. The first-order valence-electron chi connectivity index (χ1n) is 10.1. The van der Waals surface area contributed by atoms with Crippen molar-refractivity contribution in [2.24, 2.45) is 0 Å². The smallest absolute Gasteiger partial charge is 0.0326 e. The van der Waals surface area contributed by atoms with Crippen molar-refractivity contribution >= 4 is 7.92 Å². The van der Waals surface area contributed by atoms with E-state index in [9.17, 15) is 0 Å². The highest BCUT2D eigenvalue weighted by molar-refractivity contribution is 7.57. The summed E-state index contributed by atoms with van der Waals surface area (Å²) in [5.41, 5.74) is 0. The molecule has 0 unspecified atom stereocenters. The van der Waals surface area contributed by atoms with Crippen LogP contribution in [0.25, 0.3) is 0 Å². The number of hydrogen-bond donors (Lipinski definition) is 0. The molecule has 0 aliphatic heterocycles. The van der Waals surface area contributed by atoms with Crippen molar-refractivity contribution in [1.82, 2.24) is 0 Å². The van der Waals surface area contributed by atoms with Crippen molar-refractivity contribution in [1.29, 1.82) is 0 Å². The molecule has 0 aromatic rings. The van der Waals surface area contributed by atoms with Gasteiger partial charge in [0.05, 0.1) is 0 Å². The predicted octanol–water partition coefficient (Wildman–Crippen LogP) is 7.99. The summed E-state index contributed by atoms with van der Waals surface area (Å²) in [5, 5.41) is 0. The van der Waals surface area contributed by atoms with Gasteiger partial charge in [-0.1, -0.05) is 104 Å². The molecule has 0 heterocycles. The first kappa shape index (κ1) is 21.4. The van der Waals surface area contributed by atoms with Gasteiger partial charge in [0.2, 0.25) is 0 Å². The highest BCUT2D eigenvalue weighted by atomic mass is 31.1. The molecule has 0 nitrogen and oxygen atoms in total. The molecule has 0 rings (SSSR count). The lowest BCUT2D eigenvalue weighted by Crippen LogP contribution is -1.90. The normalized spacial score (nSPS) is 11.4. The number of hydrogen-bond acceptors (Lipinski definition) is 0. The van der Waals surface area contributed by atoms with E-state index in [1.807, 2.05) is 0 Å². The minimum absolute atomic E-state index is 0.403. The van der Waals surface area contributed by atoms with Gasteiger partial charge >= 0.3 is 0 Å². The Morgan fingerprint density at radius 3 is 1.10 bits per heavy atom. The fourth-order valence-electron chi connectivity index (χ4n) is 3.07. The highest BCUT2D eigenvalue weighted by Crippen LogP contribution is 2.35. The maximum atomic E-state index is 2.37. The molecule has 21 heavy (non-hydrogen) atoms. The van der Waals surface area contributed by atoms with Crippen molar-refractivity contribution in [3.8, 4) is 0 Å². The molecular weight excluding hydrogens is 271 g/mol. The van der Waals surface area contributed by atoms with Crippen LogP contribution in [0.3, 0.4) is 0 Å². The summed E-state index contributed by atoms with van der Waals surface area (Å²) in [6.07, 6.45) is 25.1. The summed E-state index contributed by atoms with van der Waals surface area (Å²) < 4.78 is 0. The zero-order chi connectivity index (χ0) is 15.6. The molecule has 0 aliphatic rings. The molecule has 0 saturated heterocycles. The molecule has 0 saturated carbocycles. The van der Waals surface area contributed by atoms with E-state index in [0.717, 1.165) is 0 Å². The van der Waals surface area contributed by atoms with Gasteiger partial charge < -0.3 is 0 Å². The lowest BCUT2D eigenvalue weighted by Gasteiger charge is -2.12. The van der Waals surface area contributed by atoms with Gasteiger partial charge in [0.15, 0.2) is 0 Å². The van der Waals surface area contributed by atoms with E-state index in [1.54, 1.807) is 6.16 Å². The highest BCUT2D eigenvalue weighted by Gasteiger charge is 2.01. The van der Waals surface area contributed by atoms with E-state index in [0.29, 0.717) is 7.92 Å². The third-order valence-electron chi connectivity index (χ3n) is 4.72. The second-order valence-corrected chi connectivity index (χ2v) is 9.68. The van der Waals surface area contributed by atoms with Crippen LogP contribution in [0.4, 0.5) is 0 Å². The zero-order valence-corrected chi connectivity index (χ0v) is 16.4. The Hall–Kier alpha value is 0.430. The fraction of sp³-hybridized carbons (Fsp3) is 1.00. The van der Waals surface area contributed by atoms with Crippen molar-refractivity contribution in [3.63, 3.8) is 0 Å². The van der Waals surface area contributed by atoms with E-state index in [1.165, 1.54) is 102 Å². The molecule has 0 N–H and O–H groups in total. The lowest BCUT2D eigenvalue weighted by atomic mass is 10.0. The van der Waals surface area contributed by atoms with Gasteiger partial charge in [0, 0.05) is 0 Å². The maximum absolute atomic E-state index is 2.37. The molecule has 0 fully saturated rings. The molecule has 0 spiro atoms. The number of rotatable bonds is 17. The van der Waals surface area contributed by atoms with Crippen LogP contribution in [-0.2, 0) is 0 Å². The Kier molecular flexibility index (Phi) is 18.9. The Bertz CT molecular complexity index is 175. The minimum Gasteiger partial charge on any atom is -0.107 e. The second kappa shape index (κ2) is 18.5. The molecular formula is C20H43P. The van der Waals surface area contributed by atoms with Gasteiger partial charge in [-0.2, -0.15) is 0 Å².